The summed E-state index contributed by atoms with van der Waals surface area (Å²) < 4.78 is 0. The highest BCUT2D eigenvalue weighted by Crippen LogP contribution is 2.23. The molecule has 2 nitrogen and oxygen atoms in total. The largest absolute Gasteiger partial charge is 0.296 e. The van der Waals surface area contributed by atoms with Crippen LogP contribution in [0.2, 0.25) is 0 Å². The first-order chi connectivity index (χ1) is 9.72. The second-order valence-electron chi connectivity index (χ2n) is 6.57. The third-order valence-corrected chi connectivity index (χ3v) is 4.90. The van der Waals surface area contributed by atoms with Crippen LogP contribution in [0.5, 0.6) is 0 Å². The maximum absolute atomic E-state index is 12.5. The van der Waals surface area contributed by atoms with Crippen molar-refractivity contribution in [3.8, 4) is 0 Å². The first-order valence-corrected chi connectivity index (χ1v) is 8.10. The molecule has 1 atom stereocenters. The van der Waals surface area contributed by atoms with E-state index >= 15 is 0 Å². The van der Waals surface area contributed by atoms with Crippen LogP contribution in [0, 0.1) is 5.92 Å². The van der Waals surface area contributed by atoms with Crippen LogP contribution >= 0.6 is 0 Å². The molecule has 1 fully saturated rings. The van der Waals surface area contributed by atoms with Crippen LogP contribution in [0.25, 0.3) is 0 Å². The van der Waals surface area contributed by atoms with Crippen LogP contribution in [0.1, 0.15) is 54.1 Å². The molecule has 1 aliphatic carbocycles. The van der Waals surface area contributed by atoms with Gasteiger partial charge in [0, 0.05) is 5.56 Å². The number of nitrogens with zero attached hydrogens (tertiary/aromatic N) is 1. The molecule has 1 aromatic rings. The Bertz CT molecular complexity index is 494. The van der Waals surface area contributed by atoms with Gasteiger partial charge >= 0.3 is 0 Å². The number of ketones is 1. The maximum atomic E-state index is 12.5. The van der Waals surface area contributed by atoms with Crippen molar-refractivity contribution in [2.75, 3.05) is 19.6 Å². The second-order valence-corrected chi connectivity index (χ2v) is 6.57. The van der Waals surface area contributed by atoms with Crippen molar-refractivity contribution >= 4 is 5.78 Å². The van der Waals surface area contributed by atoms with Gasteiger partial charge in [-0.3, -0.25) is 9.69 Å². The summed E-state index contributed by atoms with van der Waals surface area (Å²) in [5.41, 5.74) is 3.77. The first-order valence-electron chi connectivity index (χ1n) is 8.10. The summed E-state index contributed by atoms with van der Waals surface area (Å²) in [5, 5.41) is 0. The summed E-state index contributed by atoms with van der Waals surface area (Å²) in [7, 11) is 0. The maximum Gasteiger partial charge on any atom is 0.176 e. The Labute approximate surface area is 122 Å². The Morgan fingerprint density at radius 1 is 1.15 bits per heavy atom. The fourth-order valence-electron chi connectivity index (χ4n) is 3.52. The highest BCUT2D eigenvalue weighted by Gasteiger charge is 2.18. The van der Waals surface area contributed by atoms with Gasteiger partial charge in [-0.25, -0.2) is 0 Å². The lowest BCUT2D eigenvalue weighted by molar-refractivity contribution is 0.0932. The molecule has 3 rings (SSSR count). The molecular formula is C18H25NO. The van der Waals surface area contributed by atoms with Crippen LogP contribution in [0.15, 0.2) is 18.2 Å². The van der Waals surface area contributed by atoms with Crippen LogP contribution < -0.4 is 0 Å². The third kappa shape index (κ3) is 3.12. The number of rotatable bonds is 3. The van der Waals surface area contributed by atoms with E-state index in [-0.39, 0.29) is 0 Å². The summed E-state index contributed by atoms with van der Waals surface area (Å²) in [6, 6.07) is 6.35. The molecule has 1 unspecified atom stereocenters. The van der Waals surface area contributed by atoms with Gasteiger partial charge in [-0.05, 0) is 74.7 Å². The van der Waals surface area contributed by atoms with E-state index in [0.717, 1.165) is 31.0 Å². The van der Waals surface area contributed by atoms with Gasteiger partial charge in [-0.15, -0.1) is 0 Å². The number of fused-ring (bicyclic) bond motifs is 1. The Morgan fingerprint density at radius 3 is 2.90 bits per heavy atom. The predicted molar refractivity (Wildman–Crippen MR) is 82.3 cm³/mol. The minimum Gasteiger partial charge on any atom is -0.296 e. The minimum atomic E-state index is 0.300. The molecule has 0 N–H and O–H groups in total. The lowest BCUT2D eigenvalue weighted by Crippen LogP contribution is -2.31. The molecule has 1 aliphatic heterocycles. The number of hydrogen-bond acceptors (Lipinski definition) is 2. The van der Waals surface area contributed by atoms with Crippen molar-refractivity contribution in [1.82, 2.24) is 4.90 Å². The molecule has 0 spiro atoms. The number of benzene rings is 1. The van der Waals surface area contributed by atoms with Gasteiger partial charge in [-0.2, -0.15) is 0 Å². The standard InChI is InChI=1S/C18H25NO/c1-14-4-3-10-19(11-9-14)13-18(20)17-8-7-15-5-2-6-16(15)12-17/h7-8,12,14H,2-6,9-11,13H2,1H3. The smallest absolute Gasteiger partial charge is 0.176 e. The summed E-state index contributed by atoms with van der Waals surface area (Å²) in [5.74, 6) is 1.12. The molecule has 108 valence electrons. The van der Waals surface area contributed by atoms with Gasteiger partial charge in [-0.1, -0.05) is 19.1 Å². The SMILES string of the molecule is CC1CCCN(CC(=O)c2ccc3c(c2)CCC3)CC1. The Kier molecular flexibility index (Phi) is 4.21. The summed E-state index contributed by atoms with van der Waals surface area (Å²) >= 11 is 0. The predicted octanol–water partition coefficient (Wildman–Crippen LogP) is 3.48. The van der Waals surface area contributed by atoms with Crippen molar-refractivity contribution in [2.45, 2.75) is 45.4 Å². The minimum absolute atomic E-state index is 0.300. The lowest BCUT2D eigenvalue weighted by Gasteiger charge is -2.19. The van der Waals surface area contributed by atoms with Gasteiger partial charge in [0.05, 0.1) is 6.54 Å². The van der Waals surface area contributed by atoms with Crippen molar-refractivity contribution in [3.05, 3.63) is 34.9 Å². The van der Waals surface area contributed by atoms with Gasteiger partial charge in [0.15, 0.2) is 5.78 Å². The molecule has 0 amide bonds. The Morgan fingerprint density at radius 2 is 2.00 bits per heavy atom. The topological polar surface area (TPSA) is 20.3 Å². The zero-order chi connectivity index (χ0) is 13.9. The van der Waals surface area contributed by atoms with Gasteiger partial charge in [0.1, 0.15) is 0 Å². The van der Waals surface area contributed by atoms with E-state index < -0.39 is 0 Å². The molecule has 0 bridgehead atoms. The first kappa shape index (κ1) is 13.8. The summed E-state index contributed by atoms with van der Waals surface area (Å²) in [4.78, 5) is 14.8. The van der Waals surface area contributed by atoms with E-state index in [1.54, 1.807) is 0 Å². The van der Waals surface area contributed by atoms with Crippen molar-refractivity contribution in [2.24, 2.45) is 5.92 Å². The highest BCUT2D eigenvalue weighted by atomic mass is 16.1. The average Bonchev–Trinajstić information content (AvgIpc) is 2.82. The van der Waals surface area contributed by atoms with E-state index in [2.05, 4.69) is 24.0 Å². The number of carbonyl (C=O) groups is 1. The summed E-state index contributed by atoms with van der Waals surface area (Å²) in [6.07, 6.45) is 7.36. The number of carbonyl (C=O) groups excluding carboxylic acids is 1. The number of hydrogen-bond donors (Lipinski definition) is 0. The molecule has 1 heterocycles. The van der Waals surface area contributed by atoms with Crippen LogP contribution in [0.3, 0.4) is 0 Å². The normalized spacial score (nSPS) is 23.4. The number of likely N-dealkylation sites (tertiary alicyclic amines) is 1. The third-order valence-electron chi connectivity index (χ3n) is 4.90. The van der Waals surface area contributed by atoms with E-state index in [1.807, 2.05) is 6.07 Å². The fraction of sp³-hybridized carbons (Fsp3) is 0.611. The van der Waals surface area contributed by atoms with E-state index in [1.165, 1.54) is 43.2 Å². The molecule has 1 saturated heterocycles. The van der Waals surface area contributed by atoms with E-state index in [4.69, 9.17) is 0 Å². The Hall–Kier alpha value is -1.15. The van der Waals surface area contributed by atoms with E-state index in [9.17, 15) is 4.79 Å². The van der Waals surface area contributed by atoms with Crippen molar-refractivity contribution < 1.29 is 4.79 Å². The zero-order valence-corrected chi connectivity index (χ0v) is 12.5. The van der Waals surface area contributed by atoms with Crippen LogP contribution in [0.4, 0.5) is 0 Å². The number of aryl methyl sites for hydroxylation is 2. The van der Waals surface area contributed by atoms with Crippen molar-refractivity contribution in [1.29, 1.82) is 0 Å². The molecule has 2 aliphatic rings. The van der Waals surface area contributed by atoms with Gasteiger partial charge < -0.3 is 0 Å². The van der Waals surface area contributed by atoms with Gasteiger partial charge in [0.25, 0.3) is 0 Å². The summed E-state index contributed by atoms with van der Waals surface area (Å²) in [6.45, 7) is 5.09. The highest BCUT2D eigenvalue weighted by molar-refractivity contribution is 5.97. The fourth-order valence-corrected chi connectivity index (χ4v) is 3.52. The quantitative estimate of drug-likeness (QED) is 0.784. The Balaban J connectivity index is 1.64. The number of Topliss-reactive ketones (excluding diaryl/α,β-unsaturated/α-hetero) is 1. The van der Waals surface area contributed by atoms with Crippen LogP contribution in [-0.2, 0) is 12.8 Å². The molecule has 2 heteroatoms. The molecular weight excluding hydrogens is 246 g/mol. The van der Waals surface area contributed by atoms with Gasteiger partial charge in [0.2, 0.25) is 0 Å². The molecule has 0 saturated carbocycles. The van der Waals surface area contributed by atoms with Crippen LogP contribution in [-0.4, -0.2) is 30.3 Å². The monoisotopic (exact) mass is 271 g/mol. The molecule has 0 aromatic heterocycles. The van der Waals surface area contributed by atoms with E-state index in [0.29, 0.717) is 12.3 Å². The lowest BCUT2D eigenvalue weighted by atomic mass is 10.0. The molecule has 20 heavy (non-hydrogen) atoms. The molecule has 1 aromatic carbocycles. The average molecular weight is 271 g/mol. The zero-order valence-electron chi connectivity index (χ0n) is 12.5. The van der Waals surface area contributed by atoms with Crippen molar-refractivity contribution in [3.63, 3.8) is 0 Å². The second kappa shape index (κ2) is 6.09. The molecule has 0 radical (unpaired) electrons.